The Morgan fingerprint density at radius 1 is 1.42 bits per heavy atom. The van der Waals surface area contributed by atoms with Gasteiger partial charge in [-0.15, -0.1) is 0 Å². The first-order chi connectivity index (χ1) is 5.41. The van der Waals surface area contributed by atoms with E-state index in [1.54, 1.807) is 19.1 Å². The van der Waals surface area contributed by atoms with E-state index in [9.17, 15) is 8.78 Å². The fourth-order valence-electron chi connectivity index (χ4n) is 1.04. The third-order valence-corrected chi connectivity index (χ3v) is 2.08. The summed E-state index contributed by atoms with van der Waals surface area (Å²) in [5.41, 5.74) is 0.523. The van der Waals surface area contributed by atoms with Gasteiger partial charge in [0.1, 0.15) is 0 Å². The predicted octanol–water partition coefficient (Wildman–Crippen LogP) is 3.68. The molecule has 0 aromatic heterocycles. The van der Waals surface area contributed by atoms with Crippen LogP contribution in [0.4, 0.5) is 8.78 Å². The van der Waals surface area contributed by atoms with Gasteiger partial charge >= 0.3 is 0 Å². The maximum Gasteiger partial charge on any atom is 0.273 e. The zero-order valence-corrected chi connectivity index (χ0v) is 8.16. The van der Waals surface area contributed by atoms with Crippen LogP contribution in [-0.2, 0) is 5.92 Å². The zero-order valence-electron chi connectivity index (χ0n) is 6.57. The van der Waals surface area contributed by atoms with Gasteiger partial charge < -0.3 is 0 Å². The third-order valence-electron chi connectivity index (χ3n) is 1.58. The summed E-state index contributed by atoms with van der Waals surface area (Å²) in [5, 5.41) is 0. The van der Waals surface area contributed by atoms with Crippen LogP contribution >= 0.6 is 15.9 Å². The first-order valence-electron chi connectivity index (χ1n) is 3.41. The predicted molar refractivity (Wildman–Crippen MR) is 48.1 cm³/mol. The molecule has 1 rings (SSSR count). The summed E-state index contributed by atoms with van der Waals surface area (Å²) < 4.78 is 26.2. The van der Waals surface area contributed by atoms with E-state index >= 15 is 0 Å². The van der Waals surface area contributed by atoms with E-state index in [0.717, 1.165) is 4.47 Å². The van der Waals surface area contributed by atoms with Crippen LogP contribution in [0.1, 0.15) is 11.1 Å². The molecule has 3 heteroatoms. The van der Waals surface area contributed by atoms with Crippen LogP contribution in [0, 0.1) is 13.8 Å². The molecule has 0 nitrogen and oxygen atoms in total. The number of rotatable bonds is 1. The smallest absolute Gasteiger partial charge is 0.201 e. The van der Waals surface area contributed by atoms with E-state index in [-0.39, 0.29) is 5.56 Å². The van der Waals surface area contributed by atoms with Gasteiger partial charge in [-0.05, 0) is 24.6 Å². The summed E-state index contributed by atoms with van der Waals surface area (Å²) >= 11 is 3.20. The molecular weight excluding hydrogens is 226 g/mol. The Labute approximate surface area is 78.7 Å². The van der Waals surface area contributed by atoms with Gasteiger partial charge in [0.05, 0.1) is 0 Å². The van der Waals surface area contributed by atoms with E-state index in [2.05, 4.69) is 22.9 Å². The molecule has 1 aromatic rings. The highest BCUT2D eigenvalue weighted by molar-refractivity contribution is 9.10. The highest BCUT2D eigenvalue weighted by Gasteiger charge is 2.26. The average Bonchev–Trinajstić information content (AvgIpc) is 1.83. The Bertz CT molecular complexity index is 289. The summed E-state index contributed by atoms with van der Waals surface area (Å²) in [6.07, 6.45) is 0. The SMILES string of the molecule is [CH2]C(F)(F)c1ccc(Br)cc1C. The summed E-state index contributed by atoms with van der Waals surface area (Å²) in [6.45, 7) is 4.42. The molecule has 0 amide bonds. The Morgan fingerprint density at radius 2 is 2.00 bits per heavy atom. The Balaban J connectivity index is 3.19. The van der Waals surface area contributed by atoms with Crippen LogP contribution in [0.5, 0.6) is 0 Å². The quantitative estimate of drug-likeness (QED) is 0.695. The van der Waals surface area contributed by atoms with Crippen molar-refractivity contribution in [3.63, 3.8) is 0 Å². The summed E-state index contributed by atoms with van der Waals surface area (Å²) in [7, 11) is 0. The standard InChI is InChI=1S/C9H8BrF2/c1-6-5-7(10)3-4-8(6)9(2,11)12/h3-5H,2H2,1H3. The monoisotopic (exact) mass is 233 g/mol. The molecule has 0 bridgehead atoms. The summed E-state index contributed by atoms with van der Waals surface area (Å²) in [4.78, 5) is 0. The van der Waals surface area contributed by atoms with Crippen molar-refractivity contribution in [2.24, 2.45) is 0 Å². The maximum atomic E-state index is 12.7. The zero-order chi connectivity index (χ0) is 9.35. The molecule has 1 radical (unpaired) electrons. The van der Waals surface area contributed by atoms with Gasteiger partial charge in [-0.1, -0.05) is 22.0 Å². The lowest BCUT2D eigenvalue weighted by Gasteiger charge is -2.13. The van der Waals surface area contributed by atoms with Crippen LogP contribution < -0.4 is 0 Å². The molecule has 0 saturated heterocycles. The molecule has 0 N–H and O–H groups in total. The van der Waals surface area contributed by atoms with Gasteiger partial charge in [-0.2, -0.15) is 0 Å². The third kappa shape index (κ3) is 2.03. The van der Waals surface area contributed by atoms with E-state index in [4.69, 9.17) is 0 Å². The first kappa shape index (κ1) is 9.65. The second-order valence-corrected chi connectivity index (χ2v) is 3.58. The van der Waals surface area contributed by atoms with Crippen molar-refractivity contribution in [3.05, 3.63) is 40.7 Å². The minimum Gasteiger partial charge on any atom is -0.201 e. The number of aryl methyl sites for hydroxylation is 1. The number of benzene rings is 1. The molecule has 0 aliphatic rings. The van der Waals surface area contributed by atoms with Gasteiger partial charge in [0.2, 0.25) is 0 Å². The molecule has 0 saturated carbocycles. The topological polar surface area (TPSA) is 0 Å². The molecule has 0 spiro atoms. The summed E-state index contributed by atoms with van der Waals surface area (Å²) in [5.74, 6) is -3.00. The lowest BCUT2D eigenvalue weighted by molar-refractivity contribution is 0.0480. The second kappa shape index (κ2) is 3.13. The number of hydrogen-bond donors (Lipinski definition) is 0. The maximum absolute atomic E-state index is 12.7. The van der Waals surface area contributed by atoms with Crippen molar-refractivity contribution in [1.82, 2.24) is 0 Å². The molecule has 0 fully saturated rings. The van der Waals surface area contributed by atoms with Crippen molar-refractivity contribution < 1.29 is 8.78 Å². The van der Waals surface area contributed by atoms with Crippen molar-refractivity contribution in [2.75, 3.05) is 0 Å². The van der Waals surface area contributed by atoms with E-state index in [1.807, 2.05) is 0 Å². The average molecular weight is 234 g/mol. The largest absolute Gasteiger partial charge is 0.273 e. The van der Waals surface area contributed by atoms with E-state index in [0.29, 0.717) is 5.56 Å². The molecule has 1 aromatic carbocycles. The molecule has 65 valence electrons. The van der Waals surface area contributed by atoms with Crippen LogP contribution in [0.25, 0.3) is 0 Å². The molecule has 0 heterocycles. The van der Waals surface area contributed by atoms with Crippen LogP contribution in [-0.4, -0.2) is 0 Å². The number of alkyl halides is 2. The molecule has 0 aliphatic heterocycles. The second-order valence-electron chi connectivity index (χ2n) is 2.66. The van der Waals surface area contributed by atoms with Crippen molar-refractivity contribution >= 4 is 15.9 Å². The van der Waals surface area contributed by atoms with Gasteiger partial charge in [0, 0.05) is 17.0 Å². The lowest BCUT2D eigenvalue weighted by atomic mass is 10.0. The summed E-state index contributed by atoms with van der Waals surface area (Å²) in [6, 6.07) is 4.61. The van der Waals surface area contributed by atoms with Gasteiger partial charge in [0.25, 0.3) is 5.92 Å². The fourth-order valence-corrected chi connectivity index (χ4v) is 1.51. The van der Waals surface area contributed by atoms with Crippen LogP contribution in [0.2, 0.25) is 0 Å². The molecular formula is C9H8BrF2. The van der Waals surface area contributed by atoms with Crippen LogP contribution in [0.15, 0.2) is 22.7 Å². The fraction of sp³-hybridized carbons (Fsp3) is 0.222. The van der Waals surface area contributed by atoms with Crippen molar-refractivity contribution in [3.8, 4) is 0 Å². The van der Waals surface area contributed by atoms with E-state index in [1.165, 1.54) is 6.07 Å². The Kier molecular flexibility index (Phi) is 2.52. The van der Waals surface area contributed by atoms with Crippen LogP contribution in [0.3, 0.4) is 0 Å². The van der Waals surface area contributed by atoms with E-state index < -0.39 is 5.92 Å². The minimum absolute atomic E-state index is 0.0225. The van der Waals surface area contributed by atoms with Gasteiger partial charge in [-0.3, -0.25) is 0 Å². The highest BCUT2D eigenvalue weighted by atomic mass is 79.9. The van der Waals surface area contributed by atoms with Gasteiger partial charge in [0.15, 0.2) is 0 Å². The number of halogens is 3. The molecule has 12 heavy (non-hydrogen) atoms. The minimum atomic E-state index is -3.00. The Morgan fingerprint density at radius 3 is 2.42 bits per heavy atom. The lowest BCUT2D eigenvalue weighted by Crippen LogP contribution is -2.09. The molecule has 0 unspecified atom stereocenters. The Hall–Kier alpha value is -0.440. The van der Waals surface area contributed by atoms with Crippen molar-refractivity contribution in [2.45, 2.75) is 12.8 Å². The van der Waals surface area contributed by atoms with Crippen molar-refractivity contribution in [1.29, 1.82) is 0 Å². The normalized spacial score (nSPS) is 11.8. The first-order valence-corrected chi connectivity index (χ1v) is 4.20. The molecule has 0 aliphatic carbocycles. The highest BCUT2D eigenvalue weighted by Crippen LogP contribution is 2.30. The van der Waals surface area contributed by atoms with Gasteiger partial charge in [-0.25, -0.2) is 8.78 Å². The molecule has 0 atom stereocenters. The number of hydrogen-bond acceptors (Lipinski definition) is 0.